The number of anilines is 1. The molecule has 150 valence electrons. The van der Waals surface area contributed by atoms with Crippen molar-refractivity contribution in [3.63, 3.8) is 0 Å². The number of aromatic nitrogens is 4. The Bertz CT molecular complexity index is 966. The minimum atomic E-state index is 0.182. The summed E-state index contributed by atoms with van der Waals surface area (Å²) in [4.78, 5) is 16.6. The normalized spacial score (nSPS) is 12.4. The van der Waals surface area contributed by atoms with Crippen LogP contribution >= 0.6 is 0 Å². The molecule has 0 aliphatic rings. The van der Waals surface area contributed by atoms with Gasteiger partial charge in [0.25, 0.3) is 0 Å². The number of hydrogen-bond donors (Lipinski definition) is 1. The molecule has 0 saturated carbocycles. The minimum absolute atomic E-state index is 0.182. The van der Waals surface area contributed by atoms with Gasteiger partial charge in [-0.25, -0.2) is 4.98 Å². The van der Waals surface area contributed by atoms with E-state index in [1.165, 1.54) is 0 Å². The van der Waals surface area contributed by atoms with Crippen molar-refractivity contribution < 1.29 is 9.53 Å². The lowest BCUT2D eigenvalue weighted by Crippen LogP contribution is -2.10. The summed E-state index contributed by atoms with van der Waals surface area (Å²) in [5.41, 5.74) is 2.51. The Morgan fingerprint density at radius 1 is 1.25 bits per heavy atom. The van der Waals surface area contributed by atoms with Crippen LogP contribution in [0.3, 0.4) is 0 Å². The molecule has 0 amide bonds. The van der Waals surface area contributed by atoms with Crippen molar-refractivity contribution in [1.29, 1.82) is 0 Å². The number of carbonyl (C=O) groups is 1. The number of unbranched alkanes of at least 4 members (excludes halogenated alkanes) is 2. The number of methoxy groups -OCH3 is 1. The SMILES string of the molecule is CCC(C)C(=O)CCCCCNc1nc2cc(OC)ccc2n2c(C)nnc12. The molecule has 1 N–H and O–H groups in total. The summed E-state index contributed by atoms with van der Waals surface area (Å²) in [5.74, 6) is 2.86. The van der Waals surface area contributed by atoms with Gasteiger partial charge in [-0.15, -0.1) is 10.2 Å². The van der Waals surface area contributed by atoms with Gasteiger partial charge in [0.15, 0.2) is 5.82 Å². The number of aryl methyl sites for hydroxylation is 1. The first-order chi connectivity index (χ1) is 13.5. The predicted octanol–water partition coefficient (Wildman–Crippen LogP) is 4.18. The second kappa shape index (κ2) is 8.99. The Kier molecular flexibility index (Phi) is 6.44. The largest absolute Gasteiger partial charge is 0.497 e. The van der Waals surface area contributed by atoms with Crippen molar-refractivity contribution in [3.8, 4) is 5.75 Å². The molecule has 0 aliphatic heterocycles. The van der Waals surface area contributed by atoms with Gasteiger partial charge < -0.3 is 10.1 Å². The zero-order chi connectivity index (χ0) is 20.1. The standard InChI is InChI=1S/C21H29N5O2/c1-5-14(2)19(27)9-7-6-8-12-22-20-21-25-24-15(3)26(21)18-11-10-16(28-4)13-17(18)23-20/h10-11,13-14H,5-9,12H2,1-4H3,(H,22,23). The van der Waals surface area contributed by atoms with Gasteiger partial charge in [0, 0.05) is 24.9 Å². The van der Waals surface area contributed by atoms with Crippen molar-refractivity contribution >= 4 is 28.3 Å². The second-order valence-electron chi connectivity index (χ2n) is 7.23. The van der Waals surface area contributed by atoms with Gasteiger partial charge in [-0.05, 0) is 38.3 Å². The summed E-state index contributed by atoms with van der Waals surface area (Å²) in [6.45, 7) is 6.78. The minimum Gasteiger partial charge on any atom is -0.497 e. The van der Waals surface area contributed by atoms with Crippen molar-refractivity contribution in [2.75, 3.05) is 19.0 Å². The smallest absolute Gasteiger partial charge is 0.204 e. The summed E-state index contributed by atoms with van der Waals surface area (Å²) in [6, 6.07) is 5.80. The molecule has 7 heteroatoms. The molecule has 3 rings (SSSR count). The third-order valence-electron chi connectivity index (χ3n) is 5.25. The maximum Gasteiger partial charge on any atom is 0.204 e. The highest BCUT2D eigenvalue weighted by molar-refractivity contribution is 5.84. The molecule has 0 aliphatic carbocycles. The number of nitrogens with one attached hydrogen (secondary N) is 1. The van der Waals surface area contributed by atoms with Gasteiger partial charge in [-0.2, -0.15) is 0 Å². The van der Waals surface area contributed by atoms with Crippen molar-refractivity contribution in [3.05, 3.63) is 24.0 Å². The third kappa shape index (κ3) is 4.24. The lowest BCUT2D eigenvalue weighted by atomic mass is 9.99. The first kappa shape index (κ1) is 20.0. The van der Waals surface area contributed by atoms with Crippen LogP contribution in [0.1, 0.15) is 51.8 Å². The van der Waals surface area contributed by atoms with Crippen LogP contribution in [0.4, 0.5) is 5.82 Å². The van der Waals surface area contributed by atoms with Crippen LogP contribution in [0.25, 0.3) is 16.7 Å². The summed E-state index contributed by atoms with van der Waals surface area (Å²) < 4.78 is 7.34. The van der Waals surface area contributed by atoms with Crippen LogP contribution in [0.2, 0.25) is 0 Å². The van der Waals surface area contributed by atoms with Crippen molar-refractivity contribution in [2.45, 2.75) is 52.9 Å². The van der Waals surface area contributed by atoms with Crippen LogP contribution in [-0.2, 0) is 4.79 Å². The second-order valence-corrected chi connectivity index (χ2v) is 7.23. The van der Waals surface area contributed by atoms with E-state index in [1.807, 2.05) is 36.4 Å². The van der Waals surface area contributed by atoms with E-state index in [0.717, 1.165) is 66.3 Å². The molecule has 1 unspecified atom stereocenters. The first-order valence-electron chi connectivity index (χ1n) is 10.0. The van der Waals surface area contributed by atoms with Crippen molar-refractivity contribution in [1.82, 2.24) is 19.6 Å². The molecule has 1 aromatic carbocycles. The molecular weight excluding hydrogens is 354 g/mol. The molecule has 0 bridgehead atoms. The average Bonchev–Trinajstić information content (AvgIpc) is 3.11. The number of ketones is 1. The van der Waals surface area contributed by atoms with E-state index in [4.69, 9.17) is 9.72 Å². The number of carbonyl (C=O) groups excluding carboxylic acids is 1. The van der Waals surface area contributed by atoms with Gasteiger partial charge in [-0.3, -0.25) is 9.20 Å². The van der Waals surface area contributed by atoms with Gasteiger partial charge in [-0.1, -0.05) is 20.3 Å². The third-order valence-corrected chi connectivity index (χ3v) is 5.25. The molecule has 1 atom stereocenters. The fourth-order valence-corrected chi connectivity index (χ4v) is 3.28. The van der Waals surface area contributed by atoms with E-state index in [2.05, 4.69) is 22.4 Å². The molecule has 28 heavy (non-hydrogen) atoms. The molecule has 0 spiro atoms. The molecular formula is C21H29N5O2. The van der Waals surface area contributed by atoms with Gasteiger partial charge in [0.1, 0.15) is 17.4 Å². The Hall–Kier alpha value is -2.70. The van der Waals surface area contributed by atoms with Crippen LogP contribution in [0, 0.1) is 12.8 Å². The number of benzene rings is 1. The summed E-state index contributed by atoms with van der Waals surface area (Å²) >= 11 is 0. The molecule has 0 radical (unpaired) electrons. The van der Waals surface area contributed by atoms with Crippen LogP contribution in [-0.4, -0.2) is 39.0 Å². The predicted molar refractivity (Wildman–Crippen MR) is 111 cm³/mol. The van der Waals surface area contributed by atoms with Crippen LogP contribution < -0.4 is 10.1 Å². The molecule has 2 heterocycles. The monoisotopic (exact) mass is 383 g/mol. The number of hydrogen-bond acceptors (Lipinski definition) is 6. The van der Waals surface area contributed by atoms with E-state index in [-0.39, 0.29) is 5.92 Å². The van der Waals surface area contributed by atoms with Gasteiger partial charge >= 0.3 is 0 Å². The topological polar surface area (TPSA) is 81.4 Å². The molecule has 0 saturated heterocycles. The fraction of sp³-hybridized carbons (Fsp3) is 0.524. The number of nitrogens with zero attached hydrogens (tertiary/aromatic N) is 4. The Morgan fingerprint density at radius 3 is 2.82 bits per heavy atom. The van der Waals surface area contributed by atoms with Gasteiger partial charge in [0.05, 0.1) is 18.1 Å². The highest BCUT2D eigenvalue weighted by Crippen LogP contribution is 2.25. The number of ether oxygens (including phenoxy) is 1. The van der Waals surface area contributed by atoms with Crippen LogP contribution in [0.5, 0.6) is 5.75 Å². The Balaban J connectivity index is 1.66. The quantitative estimate of drug-likeness (QED) is 0.529. The summed E-state index contributed by atoms with van der Waals surface area (Å²) in [5, 5.41) is 11.9. The van der Waals surface area contributed by atoms with E-state index >= 15 is 0 Å². The summed E-state index contributed by atoms with van der Waals surface area (Å²) in [6.07, 6.45) is 4.53. The highest BCUT2D eigenvalue weighted by Gasteiger charge is 2.13. The van der Waals surface area contributed by atoms with Gasteiger partial charge in [0.2, 0.25) is 5.65 Å². The average molecular weight is 383 g/mol. The molecule has 7 nitrogen and oxygen atoms in total. The lowest BCUT2D eigenvalue weighted by Gasteiger charge is -2.11. The number of Topliss-reactive ketones (excluding diaryl/α,β-unsaturated/α-hetero) is 1. The maximum atomic E-state index is 11.9. The first-order valence-corrected chi connectivity index (χ1v) is 10.0. The van der Waals surface area contributed by atoms with E-state index in [1.54, 1.807) is 7.11 Å². The highest BCUT2D eigenvalue weighted by atomic mass is 16.5. The lowest BCUT2D eigenvalue weighted by molar-refractivity contribution is -0.122. The Labute approximate surface area is 165 Å². The number of fused-ring (bicyclic) bond motifs is 3. The molecule has 2 aromatic heterocycles. The van der Waals surface area contributed by atoms with E-state index < -0.39 is 0 Å². The zero-order valence-corrected chi connectivity index (χ0v) is 17.2. The van der Waals surface area contributed by atoms with Crippen molar-refractivity contribution in [2.24, 2.45) is 5.92 Å². The molecule has 0 fully saturated rings. The molecule has 3 aromatic rings. The fourth-order valence-electron chi connectivity index (χ4n) is 3.28. The zero-order valence-electron chi connectivity index (χ0n) is 17.2. The van der Waals surface area contributed by atoms with E-state index in [9.17, 15) is 4.79 Å². The van der Waals surface area contributed by atoms with E-state index in [0.29, 0.717) is 12.2 Å². The summed E-state index contributed by atoms with van der Waals surface area (Å²) in [7, 11) is 1.65. The number of rotatable bonds is 10. The van der Waals surface area contributed by atoms with Crippen LogP contribution in [0.15, 0.2) is 18.2 Å². The maximum absolute atomic E-state index is 11.9. The Morgan fingerprint density at radius 2 is 2.07 bits per heavy atom.